The summed E-state index contributed by atoms with van der Waals surface area (Å²) >= 11 is 0. The molecule has 5 nitrogen and oxygen atoms in total. The maximum absolute atomic E-state index is 12.5. The van der Waals surface area contributed by atoms with Crippen molar-refractivity contribution in [3.63, 3.8) is 0 Å². The number of nitrogens with one attached hydrogen (secondary N) is 1. The topological polar surface area (TPSA) is 50.8 Å². The molecule has 3 aliphatic rings. The molecule has 1 amide bonds. The zero-order valence-corrected chi connectivity index (χ0v) is 11.5. The molecule has 3 aliphatic heterocycles. The molecule has 0 spiro atoms. The Bertz CT molecular complexity index is 312. The molecule has 0 bridgehead atoms. The van der Waals surface area contributed by atoms with Crippen LogP contribution in [0.1, 0.15) is 25.7 Å². The highest BCUT2D eigenvalue weighted by Gasteiger charge is 2.35. The Morgan fingerprint density at radius 1 is 1.11 bits per heavy atom. The van der Waals surface area contributed by atoms with Crippen LogP contribution in [0.3, 0.4) is 0 Å². The molecule has 0 aromatic carbocycles. The van der Waals surface area contributed by atoms with Crippen molar-refractivity contribution in [3.05, 3.63) is 0 Å². The Hall–Kier alpha value is -0.650. The van der Waals surface area contributed by atoms with E-state index in [-0.39, 0.29) is 18.1 Å². The molecule has 0 unspecified atom stereocenters. The van der Waals surface area contributed by atoms with Crippen molar-refractivity contribution in [2.24, 2.45) is 5.92 Å². The zero-order chi connectivity index (χ0) is 13.1. The molecule has 3 saturated heterocycles. The van der Waals surface area contributed by atoms with Gasteiger partial charge >= 0.3 is 0 Å². The van der Waals surface area contributed by atoms with E-state index in [4.69, 9.17) is 9.47 Å². The van der Waals surface area contributed by atoms with E-state index in [1.54, 1.807) is 0 Å². The second kappa shape index (κ2) is 6.20. The molecule has 0 aromatic heterocycles. The predicted molar refractivity (Wildman–Crippen MR) is 70.9 cm³/mol. The fourth-order valence-corrected chi connectivity index (χ4v) is 3.32. The molecule has 19 heavy (non-hydrogen) atoms. The van der Waals surface area contributed by atoms with Gasteiger partial charge < -0.3 is 19.7 Å². The average molecular weight is 268 g/mol. The first-order valence-electron chi connectivity index (χ1n) is 7.57. The van der Waals surface area contributed by atoms with Crippen molar-refractivity contribution in [1.82, 2.24) is 10.2 Å². The van der Waals surface area contributed by atoms with E-state index in [1.165, 1.54) is 0 Å². The average Bonchev–Trinajstić information content (AvgIpc) is 3.02. The normalized spacial score (nSPS) is 36.4. The third kappa shape index (κ3) is 3.09. The fourth-order valence-electron chi connectivity index (χ4n) is 3.32. The first-order valence-corrected chi connectivity index (χ1v) is 7.57. The first-order chi connectivity index (χ1) is 9.34. The molecule has 0 aromatic rings. The molecule has 0 radical (unpaired) electrons. The number of piperidine rings is 1. The van der Waals surface area contributed by atoms with Crippen molar-refractivity contribution < 1.29 is 14.3 Å². The maximum atomic E-state index is 12.5. The third-order valence-electron chi connectivity index (χ3n) is 4.43. The van der Waals surface area contributed by atoms with Gasteiger partial charge in [-0.2, -0.15) is 0 Å². The SMILES string of the molecule is O=C([C@@H]1CCCNC1)N1CCO[C@@H]([C@@H]2CCCO2)C1. The predicted octanol–water partition coefficient (Wildman–Crippen LogP) is 0.392. The third-order valence-corrected chi connectivity index (χ3v) is 4.43. The van der Waals surface area contributed by atoms with Crippen LogP contribution in [0.2, 0.25) is 0 Å². The van der Waals surface area contributed by atoms with E-state index in [2.05, 4.69) is 5.32 Å². The highest BCUT2D eigenvalue weighted by Crippen LogP contribution is 2.22. The molecular formula is C14H24N2O3. The maximum Gasteiger partial charge on any atom is 0.227 e. The van der Waals surface area contributed by atoms with Gasteiger partial charge in [-0.05, 0) is 32.2 Å². The number of hydrogen-bond acceptors (Lipinski definition) is 4. The Morgan fingerprint density at radius 2 is 2.00 bits per heavy atom. The summed E-state index contributed by atoms with van der Waals surface area (Å²) in [6.45, 7) is 4.81. The van der Waals surface area contributed by atoms with Gasteiger partial charge in [0.25, 0.3) is 0 Å². The Labute approximate surface area is 114 Å². The van der Waals surface area contributed by atoms with Gasteiger partial charge in [0, 0.05) is 26.2 Å². The zero-order valence-electron chi connectivity index (χ0n) is 11.5. The molecule has 3 fully saturated rings. The van der Waals surface area contributed by atoms with Gasteiger partial charge in [-0.1, -0.05) is 0 Å². The number of amides is 1. The number of ether oxygens (including phenoxy) is 2. The smallest absolute Gasteiger partial charge is 0.227 e. The van der Waals surface area contributed by atoms with Crippen LogP contribution >= 0.6 is 0 Å². The van der Waals surface area contributed by atoms with Gasteiger partial charge in [0.15, 0.2) is 0 Å². The van der Waals surface area contributed by atoms with Crippen LogP contribution in [0.5, 0.6) is 0 Å². The van der Waals surface area contributed by atoms with Gasteiger partial charge in [0.1, 0.15) is 6.10 Å². The van der Waals surface area contributed by atoms with E-state index < -0.39 is 0 Å². The number of rotatable bonds is 2. The van der Waals surface area contributed by atoms with Gasteiger partial charge in [0.05, 0.1) is 18.6 Å². The number of nitrogens with zero attached hydrogens (tertiary/aromatic N) is 1. The summed E-state index contributed by atoms with van der Waals surface area (Å²) in [7, 11) is 0. The lowest BCUT2D eigenvalue weighted by Crippen LogP contribution is -2.52. The summed E-state index contributed by atoms with van der Waals surface area (Å²) in [6.07, 6.45) is 4.59. The minimum Gasteiger partial charge on any atom is -0.375 e. The summed E-state index contributed by atoms with van der Waals surface area (Å²) in [5.41, 5.74) is 0. The summed E-state index contributed by atoms with van der Waals surface area (Å²) in [6, 6.07) is 0. The molecule has 3 atom stereocenters. The molecular weight excluding hydrogens is 244 g/mol. The van der Waals surface area contributed by atoms with E-state index in [0.29, 0.717) is 19.1 Å². The fraction of sp³-hybridized carbons (Fsp3) is 0.929. The molecule has 108 valence electrons. The Morgan fingerprint density at radius 3 is 2.74 bits per heavy atom. The van der Waals surface area contributed by atoms with Crippen molar-refractivity contribution in [2.45, 2.75) is 37.9 Å². The summed E-state index contributed by atoms with van der Waals surface area (Å²) in [4.78, 5) is 14.5. The quantitative estimate of drug-likeness (QED) is 0.787. The van der Waals surface area contributed by atoms with Crippen molar-refractivity contribution in [2.75, 3.05) is 39.4 Å². The van der Waals surface area contributed by atoms with Crippen molar-refractivity contribution in [3.8, 4) is 0 Å². The van der Waals surface area contributed by atoms with Crippen LogP contribution in [-0.2, 0) is 14.3 Å². The molecule has 3 rings (SSSR count). The van der Waals surface area contributed by atoms with Crippen LogP contribution < -0.4 is 5.32 Å². The van der Waals surface area contributed by atoms with Crippen LogP contribution in [0.4, 0.5) is 0 Å². The van der Waals surface area contributed by atoms with E-state index in [9.17, 15) is 4.79 Å². The number of carbonyl (C=O) groups is 1. The molecule has 0 saturated carbocycles. The first kappa shape index (κ1) is 13.3. The Balaban J connectivity index is 1.56. The van der Waals surface area contributed by atoms with Crippen LogP contribution in [0.25, 0.3) is 0 Å². The molecule has 3 heterocycles. The van der Waals surface area contributed by atoms with Gasteiger partial charge in [-0.15, -0.1) is 0 Å². The van der Waals surface area contributed by atoms with E-state index in [0.717, 1.165) is 51.9 Å². The van der Waals surface area contributed by atoms with Crippen LogP contribution in [-0.4, -0.2) is 62.4 Å². The highest BCUT2D eigenvalue weighted by molar-refractivity contribution is 5.79. The standard InChI is InChI=1S/C14H24N2O3/c17-14(11-3-1-5-15-9-11)16-6-8-19-13(10-16)12-4-2-7-18-12/h11-13,15H,1-10H2/t11-,12+,13-/m1/s1. The largest absolute Gasteiger partial charge is 0.375 e. The van der Waals surface area contributed by atoms with Crippen molar-refractivity contribution >= 4 is 5.91 Å². The van der Waals surface area contributed by atoms with Gasteiger partial charge in [-0.3, -0.25) is 4.79 Å². The monoisotopic (exact) mass is 268 g/mol. The van der Waals surface area contributed by atoms with Gasteiger partial charge in [-0.25, -0.2) is 0 Å². The second-order valence-corrected chi connectivity index (χ2v) is 5.79. The highest BCUT2D eigenvalue weighted by atomic mass is 16.5. The molecule has 1 N–H and O–H groups in total. The van der Waals surface area contributed by atoms with E-state index in [1.807, 2.05) is 4.90 Å². The number of carbonyl (C=O) groups excluding carboxylic acids is 1. The molecule has 0 aliphatic carbocycles. The summed E-state index contributed by atoms with van der Waals surface area (Å²) in [5, 5.41) is 3.32. The van der Waals surface area contributed by atoms with Crippen LogP contribution in [0, 0.1) is 5.92 Å². The summed E-state index contributed by atoms with van der Waals surface area (Å²) < 4.78 is 11.5. The summed E-state index contributed by atoms with van der Waals surface area (Å²) in [5.74, 6) is 0.468. The lowest BCUT2D eigenvalue weighted by Gasteiger charge is -2.37. The van der Waals surface area contributed by atoms with Crippen molar-refractivity contribution in [1.29, 1.82) is 0 Å². The Kier molecular flexibility index (Phi) is 4.35. The van der Waals surface area contributed by atoms with Gasteiger partial charge in [0.2, 0.25) is 5.91 Å². The molecule has 5 heteroatoms. The van der Waals surface area contributed by atoms with E-state index >= 15 is 0 Å². The lowest BCUT2D eigenvalue weighted by atomic mass is 9.97. The van der Waals surface area contributed by atoms with Crippen LogP contribution in [0.15, 0.2) is 0 Å². The minimum atomic E-state index is 0.0803. The number of morpholine rings is 1. The lowest BCUT2D eigenvalue weighted by molar-refractivity contribution is -0.149. The minimum absolute atomic E-state index is 0.0803. The number of hydrogen-bond donors (Lipinski definition) is 1. The second-order valence-electron chi connectivity index (χ2n) is 5.79.